The van der Waals surface area contributed by atoms with E-state index >= 15 is 0 Å². The SMILES string of the molecule is O=C(c1ccccc1)N1CCCC(CN2CCCC2)C1. The maximum Gasteiger partial charge on any atom is 0.253 e. The maximum absolute atomic E-state index is 12.5. The normalized spacial score (nSPS) is 24.0. The second-order valence-electron chi connectivity index (χ2n) is 6.13. The molecule has 0 spiro atoms. The number of nitrogens with zero attached hydrogens (tertiary/aromatic N) is 2. The molecule has 2 fully saturated rings. The fraction of sp³-hybridized carbons (Fsp3) is 0.588. The second kappa shape index (κ2) is 6.40. The van der Waals surface area contributed by atoms with E-state index in [0.717, 1.165) is 25.1 Å². The molecule has 3 heteroatoms. The van der Waals surface area contributed by atoms with Crippen LogP contribution in [-0.4, -0.2) is 48.4 Å². The minimum atomic E-state index is 0.205. The summed E-state index contributed by atoms with van der Waals surface area (Å²) in [5.41, 5.74) is 0.828. The third-order valence-electron chi connectivity index (χ3n) is 4.54. The first-order valence-electron chi connectivity index (χ1n) is 7.89. The summed E-state index contributed by atoms with van der Waals surface area (Å²) >= 11 is 0. The summed E-state index contributed by atoms with van der Waals surface area (Å²) in [6.45, 7) is 5.54. The molecule has 3 nitrogen and oxygen atoms in total. The predicted molar refractivity (Wildman–Crippen MR) is 80.7 cm³/mol. The lowest BCUT2D eigenvalue weighted by Gasteiger charge is -2.34. The van der Waals surface area contributed by atoms with Gasteiger partial charge < -0.3 is 9.80 Å². The van der Waals surface area contributed by atoms with E-state index in [1.165, 1.54) is 38.9 Å². The minimum absolute atomic E-state index is 0.205. The van der Waals surface area contributed by atoms with Crippen molar-refractivity contribution in [3.8, 4) is 0 Å². The lowest BCUT2D eigenvalue weighted by atomic mass is 9.97. The molecule has 0 aromatic heterocycles. The van der Waals surface area contributed by atoms with Crippen LogP contribution in [0, 0.1) is 5.92 Å². The fourth-order valence-electron chi connectivity index (χ4n) is 3.49. The zero-order valence-electron chi connectivity index (χ0n) is 12.1. The van der Waals surface area contributed by atoms with Gasteiger partial charge in [0.2, 0.25) is 0 Å². The van der Waals surface area contributed by atoms with Gasteiger partial charge in [0, 0.05) is 25.2 Å². The number of likely N-dealkylation sites (tertiary alicyclic amines) is 2. The topological polar surface area (TPSA) is 23.6 Å². The molecule has 1 unspecified atom stereocenters. The monoisotopic (exact) mass is 272 g/mol. The third-order valence-corrected chi connectivity index (χ3v) is 4.54. The van der Waals surface area contributed by atoms with Crippen LogP contribution >= 0.6 is 0 Å². The van der Waals surface area contributed by atoms with Gasteiger partial charge in [-0.15, -0.1) is 0 Å². The van der Waals surface area contributed by atoms with Crippen molar-refractivity contribution < 1.29 is 4.79 Å². The van der Waals surface area contributed by atoms with Gasteiger partial charge >= 0.3 is 0 Å². The van der Waals surface area contributed by atoms with Gasteiger partial charge in [-0.2, -0.15) is 0 Å². The smallest absolute Gasteiger partial charge is 0.253 e. The Labute approximate surface area is 121 Å². The van der Waals surface area contributed by atoms with Crippen molar-refractivity contribution in [1.82, 2.24) is 9.80 Å². The van der Waals surface area contributed by atoms with Crippen LogP contribution in [-0.2, 0) is 0 Å². The quantitative estimate of drug-likeness (QED) is 0.844. The Balaban J connectivity index is 1.58. The molecule has 0 bridgehead atoms. The number of hydrogen-bond acceptors (Lipinski definition) is 2. The number of carbonyl (C=O) groups is 1. The molecule has 1 aromatic rings. The molecule has 3 rings (SSSR count). The van der Waals surface area contributed by atoms with Crippen LogP contribution in [0.15, 0.2) is 30.3 Å². The number of piperidine rings is 1. The summed E-state index contributed by atoms with van der Waals surface area (Å²) in [6.07, 6.45) is 5.12. The molecule has 0 radical (unpaired) electrons. The Hall–Kier alpha value is -1.35. The van der Waals surface area contributed by atoms with Crippen LogP contribution in [0.3, 0.4) is 0 Å². The Morgan fingerprint density at radius 2 is 1.80 bits per heavy atom. The van der Waals surface area contributed by atoms with E-state index in [4.69, 9.17) is 0 Å². The van der Waals surface area contributed by atoms with E-state index in [-0.39, 0.29) is 5.91 Å². The van der Waals surface area contributed by atoms with Crippen LogP contribution < -0.4 is 0 Å². The van der Waals surface area contributed by atoms with Gasteiger partial charge in [-0.25, -0.2) is 0 Å². The molecule has 0 N–H and O–H groups in total. The van der Waals surface area contributed by atoms with E-state index < -0.39 is 0 Å². The van der Waals surface area contributed by atoms with Crippen molar-refractivity contribution in [2.45, 2.75) is 25.7 Å². The predicted octanol–water partition coefficient (Wildman–Crippen LogP) is 2.63. The highest BCUT2D eigenvalue weighted by molar-refractivity contribution is 5.94. The van der Waals surface area contributed by atoms with E-state index in [1.807, 2.05) is 30.3 Å². The average Bonchev–Trinajstić information content (AvgIpc) is 3.01. The molecule has 2 aliphatic rings. The van der Waals surface area contributed by atoms with E-state index in [1.54, 1.807) is 0 Å². The maximum atomic E-state index is 12.5. The van der Waals surface area contributed by atoms with Crippen molar-refractivity contribution in [2.24, 2.45) is 5.92 Å². The molecule has 108 valence electrons. The van der Waals surface area contributed by atoms with Crippen LogP contribution in [0.1, 0.15) is 36.0 Å². The van der Waals surface area contributed by atoms with Crippen LogP contribution in [0.4, 0.5) is 0 Å². The fourth-order valence-corrected chi connectivity index (χ4v) is 3.49. The number of amides is 1. The van der Waals surface area contributed by atoms with E-state index in [9.17, 15) is 4.79 Å². The van der Waals surface area contributed by atoms with Gasteiger partial charge in [-0.3, -0.25) is 4.79 Å². The lowest BCUT2D eigenvalue weighted by molar-refractivity contribution is 0.0648. The van der Waals surface area contributed by atoms with Gasteiger partial charge in [-0.05, 0) is 56.8 Å². The molecular formula is C17H24N2O. The van der Waals surface area contributed by atoms with E-state index in [2.05, 4.69) is 9.80 Å². The van der Waals surface area contributed by atoms with Gasteiger partial charge in [0.1, 0.15) is 0 Å². The summed E-state index contributed by atoms with van der Waals surface area (Å²) in [6, 6.07) is 9.69. The highest BCUT2D eigenvalue weighted by atomic mass is 16.2. The highest BCUT2D eigenvalue weighted by Gasteiger charge is 2.26. The molecule has 1 atom stereocenters. The number of benzene rings is 1. The summed E-state index contributed by atoms with van der Waals surface area (Å²) in [7, 11) is 0. The molecule has 0 saturated carbocycles. The Morgan fingerprint density at radius 1 is 1.05 bits per heavy atom. The molecule has 2 saturated heterocycles. The van der Waals surface area contributed by atoms with E-state index in [0.29, 0.717) is 5.92 Å². The second-order valence-corrected chi connectivity index (χ2v) is 6.13. The van der Waals surface area contributed by atoms with Gasteiger partial charge in [-0.1, -0.05) is 18.2 Å². The number of hydrogen-bond donors (Lipinski definition) is 0. The van der Waals surface area contributed by atoms with Crippen molar-refractivity contribution in [1.29, 1.82) is 0 Å². The third kappa shape index (κ3) is 3.21. The van der Waals surface area contributed by atoms with Crippen LogP contribution in [0.25, 0.3) is 0 Å². The molecule has 1 aromatic carbocycles. The molecule has 20 heavy (non-hydrogen) atoms. The number of carbonyl (C=O) groups excluding carboxylic acids is 1. The summed E-state index contributed by atoms with van der Waals surface area (Å²) < 4.78 is 0. The molecule has 0 aliphatic carbocycles. The zero-order chi connectivity index (χ0) is 13.8. The molecular weight excluding hydrogens is 248 g/mol. The van der Waals surface area contributed by atoms with Crippen molar-refractivity contribution >= 4 is 5.91 Å². The summed E-state index contributed by atoms with van der Waals surface area (Å²) in [5.74, 6) is 0.867. The van der Waals surface area contributed by atoms with Crippen LogP contribution in [0.2, 0.25) is 0 Å². The van der Waals surface area contributed by atoms with Gasteiger partial charge in [0.15, 0.2) is 0 Å². The van der Waals surface area contributed by atoms with Crippen molar-refractivity contribution in [2.75, 3.05) is 32.7 Å². The molecule has 2 heterocycles. The zero-order valence-corrected chi connectivity index (χ0v) is 12.1. The highest BCUT2D eigenvalue weighted by Crippen LogP contribution is 2.21. The number of rotatable bonds is 3. The summed E-state index contributed by atoms with van der Waals surface area (Å²) in [5, 5.41) is 0. The molecule has 1 amide bonds. The van der Waals surface area contributed by atoms with Crippen molar-refractivity contribution in [3.63, 3.8) is 0 Å². The largest absolute Gasteiger partial charge is 0.338 e. The van der Waals surface area contributed by atoms with Gasteiger partial charge in [0.05, 0.1) is 0 Å². The Morgan fingerprint density at radius 3 is 2.55 bits per heavy atom. The van der Waals surface area contributed by atoms with Crippen molar-refractivity contribution in [3.05, 3.63) is 35.9 Å². The molecule has 2 aliphatic heterocycles. The first-order chi connectivity index (χ1) is 9.83. The lowest BCUT2D eigenvalue weighted by Crippen LogP contribution is -2.43. The standard InChI is InChI=1S/C17H24N2O/c20-17(16-8-2-1-3-9-16)19-12-6-7-15(14-19)13-18-10-4-5-11-18/h1-3,8-9,15H,4-7,10-14H2. The summed E-state index contributed by atoms with van der Waals surface area (Å²) in [4.78, 5) is 17.1. The first-order valence-corrected chi connectivity index (χ1v) is 7.89. The average molecular weight is 272 g/mol. The Kier molecular flexibility index (Phi) is 4.36. The van der Waals surface area contributed by atoms with Crippen LogP contribution in [0.5, 0.6) is 0 Å². The Bertz CT molecular complexity index is 440. The van der Waals surface area contributed by atoms with Gasteiger partial charge in [0.25, 0.3) is 5.91 Å². The first kappa shape index (κ1) is 13.6. The minimum Gasteiger partial charge on any atom is -0.338 e.